The lowest BCUT2D eigenvalue weighted by atomic mass is 10.1. The van der Waals surface area contributed by atoms with E-state index >= 15 is 0 Å². The van der Waals surface area contributed by atoms with Crippen molar-refractivity contribution < 1.29 is 9.53 Å². The summed E-state index contributed by atoms with van der Waals surface area (Å²) in [7, 11) is 1.71. The fourth-order valence-corrected chi connectivity index (χ4v) is 2.00. The number of aliphatic imine (C=N–C) groups is 1. The molecule has 1 rings (SSSR count). The Morgan fingerprint density at radius 1 is 1.19 bits per heavy atom. The first-order chi connectivity index (χ1) is 11.6. The molecule has 148 valence electrons. The Morgan fingerprint density at radius 3 is 2.42 bits per heavy atom. The fourth-order valence-electron chi connectivity index (χ4n) is 2.00. The number of hydrogen-bond acceptors (Lipinski definition) is 4. The van der Waals surface area contributed by atoms with Crippen LogP contribution in [0.5, 0.6) is 0 Å². The van der Waals surface area contributed by atoms with Crippen molar-refractivity contribution in [2.24, 2.45) is 4.99 Å². The standard InChI is InChI=1S/C18H31N5O2.HI/c1-17(2,3)25-16(24)23-18(4,5)13-22-15(19-6)21-12-10-14-9-7-8-11-20-14;/h7-9,11H,10,12-13H2,1-6H3,(H,23,24)(H2,19,21,22);1H. The van der Waals surface area contributed by atoms with Gasteiger partial charge in [-0.25, -0.2) is 4.79 Å². The molecule has 0 fully saturated rings. The van der Waals surface area contributed by atoms with Crippen LogP contribution < -0.4 is 16.0 Å². The van der Waals surface area contributed by atoms with Gasteiger partial charge < -0.3 is 20.7 Å². The van der Waals surface area contributed by atoms with Gasteiger partial charge in [0.05, 0.1) is 5.54 Å². The molecule has 0 aliphatic heterocycles. The van der Waals surface area contributed by atoms with Gasteiger partial charge in [-0.05, 0) is 46.8 Å². The van der Waals surface area contributed by atoms with E-state index in [2.05, 4.69) is 25.9 Å². The number of amides is 1. The molecule has 26 heavy (non-hydrogen) atoms. The summed E-state index contributed by atoms with van der Waals surface area (Å²) in [4.78, 5) is 20.4. The summed E-state index contributed by atoms with van der Waals surface area (Å²) in [6, 6.07) is 5.86. The molecule has 1 amide bonds. The number of ether oxygens (including phenoxy) is 1. The summed E-state index contributed by atoms with van der Waals surface area (Å²) in [6.45, 7) is 10.6. The van der Waals surface area contributed by atoms with Crippen molar-refractivity contribution >= 4 is 36.0 Å². The van der Waals surface area contributed by atoms with Crippen molar-refractivity contribution in [1.29, 1.82) is 0 Å². The second-order valence-electron chi connectivity index (χ2n) is 7.43. The quantitative estimate of drug-likeness (QED) is 0.333. The van der Waals surface area contributed by atoms with Gasteiger partial charge >= 0.3 is 6.09 Å². The number of nitrogens with one attached hydrogen (secondary N) is 3. The highest BCUT2D eigenvalue weighted by Gasteiger charge is 2.24. The lowest BCUT2D eigenvalue weighted by Gasteiger charge is -2.29. The van der Waals surface area contributed by atoms with E-state index in [0.717, 1.165) is 18.7 Å². The lowest BCUT2D eigenvalue weighted by Crippen LogP contribution is -2.54. The molecule has 8 heteroatoms. The molecule has 1 aromatic rings. The normalized spacial score (nSPS) is 12.0. The van der Waals surface area contributed by atoms with E-state index in [0.29, 0.717) is 12.5 Å². The molecule has 0 radical (unpaired) electrons. The van der Waals surface area contributed by atoms with Gasteiger partial charge in [0.2, 0.25) is 0 Å². The molecule has 7 nitrogen and oxygen atoms in total. The van der Waals surface area contributed by atoms with Crippen molar-refractivity contribution in [2.45, 2.75) is 52.2 Å². The van der Waals surface area contributed by atoms with Gasteiger partial charge in [-0.3, -0.25) is 9.98 Å². The molecular formula is C18H32IN5O2. The lowest BCUT2D eigenvalue weighted by molar-refractivity contribution is 0.0474. The SMILES string of the molecule is CN=C(NCCc1ccccn1)NCC(C)(C)NC(=O)OC(C)(C)C.I. The average Bonchev–Trinajstić information content (AvgIpc) is 2.49. The van der Waals surface area contributed by atoms with Crippen molar-refractivity contribution in [1.82, 2.24) is 20.9 Å². The van der Waals surface area contributed by atoms with Crippen LogP contribution in [0.3, 0.4) is 0 Å². The zero-order valence-corrected chi connectivity index (χ0v) is 18.9. The van der Waals surface area contributed by atoms with E-state index < -0.39 is 17.2 Å². The Labute approximate surface area is 173 Å². The minimum absolute atomic E-state index is 0. The largest absolute Gasteiger partial charge is 0.444 e. The summed E-state index contributed by atoms with van der Waals surface area (Å²) in [5.74, 6) is 0.676. The Bertz CT molecular complexity index is 571. The predicted molar refractivity (Wildman–Crippen MR) is 116 cm³/mol. The minimum atomic E-state index is -0.517. The highest BCUT2D eigenvalue weighted by molar-refractivity contribution is 14.0. The Kier molecular flexibility index (Phi) is 10.5. The second kappa shape index (κ2) is 11.2. The van der Waals surface area contributed by atoms with Crippen LogP contribution in [0.15, 0.2) is 29.4 Å². The molecule has 0 saturated carbocycles. The highest BCUT2D eigenvalue weighted by atomic mass is 127. The number of pyridine rings is 1. The van der Waals surface area contributed by atoms with Crippen LogP contribution in [-0.4, -0.2) is 48.3 Å². The zero-order chi connectivity index (χ0) is 18.9. The third kappa shape index (κ3) is 11.1. The van der Waals surface area contributed by atoms with Crippen LogP contribution in [0.25, 0.3) is 0 Å². The fraction of sp³-hybridized carbons (Fsp3) is 0.611. The van der Waals surface area contributed by atoms with E-state index in [4.69, 9.17) is 4.74 Å². The van der Waals surface area contributed by atoms with E-state index in [9.17, 15) is 4.79 Å². The Balaban J connectivity index is 0.00000625. The van der Waals surface area contributed by atoms with Crippen molar-refractivity contribution in [3.8, 4) is 0 Å². The molecule has 0 atom stereocenters. The molecule has 0 aromatic carbocycles. The first-order valence-electron chi connectivity index (χ1n) is 8.47. The number of carbonyl (C=O) groups is 1. The smallest absolute Gasteiger partial charge is 0.408 e. The van der Waals surface area contributed by atoms with Crippen LogP contribution in [0.2, 0.25) is 0 Å². The summed E-state index contributed by atoms with van der Waals surface area (Å²) in [6.07, 6.45) is 2.16. The first-order valence-corrected chi connectivity index (χ1v) is 8.47. The monoisotopic (exact) mass is 477 g/mol. The van der Waals surface area contributed by atoms with Crippen LogP contribution in [-0.2, 0) is 11.2 Å². The number of alkyl carbamates (subject to hydrolysis) is 1. The number of aromatic nitrogens is 1. The van der Waals surface area contributed by atoms with E-state index in [1.165, 1.54) is 0 Å². The maximum Gasteiger partial charge on any atom is 0.408 e. The first kappa shape index (κ1) is 24.4. The van der Waals surface area contributed by atoms with Crippen LogP contribution in [0.4, 0.5) is 4.79 Å². The predicted octanol–water partition coefficient (Wildman–Crippen LogP) is 2.71. The van der Waals surface area contributed by atoms with Gasteiger partial charge in [-0.15, -0.1) is 24.0 Å². The highest BCUT2D eigenvalue weighted by Crippen LogP contribution is 2.09. The Morgan fingerprint density at radius 2 is 1.88 bits per heavy atom. The Hall–Kier alpha value is -1.58. The number of hydrogen-bond donors (Lipinski definition) is 3. The van der Waals surface area contributed by atoms with Crippen molar-refractivity contribution in [2.75, 3.05) is 20.1 Å². The minimum Gasteiger partial charge on any atom is -0.444 e. The summed E-state index contributed by atoms with van der Waals surface area (Å²) >= 11 is 0. The molecule has 0 spiro atoms. The molecule has 0 aliphatic carbocycles. The topological polar surface area (TPSA) is 87.6 Å². The maximum atomic E-state index is 11.9. The van der Waals surface area contributed by atoms with Gasteiger partial charge in [0.25, 0.3) is 0 Å². The van der Waals surface area contributed by atoms with Gasteiger partial charge in [0.1, 0.15) is 5.60 Å². The van der Waals surface area contributed by atoms with Crippen molar-refractivity contribution in [3.05, 3.63) is 30.1 Å². The third-order valence-corrected chi connectivity index (χ3v) is 3.16. The molecule has 0 bridgehead atoms. The zero-order valence-electron chi connectivity index (χ0n) is 16.5. The van der Waals surface area contributed by atoms with Crippen molar-refractivity contribution in [3.63, 3.8) is 0 Å². The van der Waals surface area contributed by atoms with Crippen LogP contribution in [0.1, 0.15) is 40.3 Å². The van der Waals surface area contributed by atoms with Crippen LogP contribution >= 0.6 is 24.0 Å². The van der Waals surface area contributed by atoms with Gasteiger partial charge in [0, 0.05) is 38.4 Å². The molecular weight excluding hydrogens is 445 g/mol. The number of halogens is 1. The average molecular weight is 477 g/mol. The number of nitrogens with zero attached hydrogens (tertiary/aromatic N) is 2. The molecule has 3 N–H and O–H groups in total. The second-order valence-corrected chi connectivity index (χ2v) is 7.43. The van der Waals surface area contributed by atoms with E-state index in [1.807, 2.05) is 52.8 Å². The van der Waals surface area contributed by atoms with Gasteiger partial charge in [-0.2, -0.15) is 0 Å². The summed E-state index contributed by atoms with van der Waals surface area (Å²) in [5, 5.41) is 9.31. The molecule has 1 heterocycles. The molecule has 0 aliphatic rings. The molecule has 0 saturated heterocycles. The van der Waals surface area contributed by atoms with Gasteiger partial charge in [0.15, 0.2) is 5.96 Å². The molecule has 0 unspecified atom stereocenters. The number of guanidine groups is 1. The summed E-state index contributed by atoms with van der Waals surface area (Å²) < 4.78 is 5.29. The number of carbonyl (C=O) groups excluding carboxylic acids is 1. The van der Waals surface area contributed by atoms with Crippen LogP contribution in [0, 0.1) is 0 Å². The summed E-state index contributed by atoms with van der Waals surface area (Å²) in [5.41, 5.74) is 0.0230. The van der Waals surface area contributed by atoms with E-state index in [1.54, 1.807) is 13.2 Å². The van der Waals surface area contributed by atoms with Gasteiger partial charge in [-0.1, -0.05) is 6.07 Å². The maximum absolute atomic E-state index is 11.9. The number of rotatable bonds is 6. The molecule has 1 aromatic heterocycles. The van der Waals surface area contributed by atoms with E-state index in [-0.39, 0.29) is 24.0 Å². The third-order valence-electron chi connectivity index (χ3n) is 3.16.